The molecule has 1 heterocycles. The normalized spacial score (nSPS) is 10.0. The molecule has 0 atom stereocenters. The standard InChI is InChI=1S/C6H7BrN2OS/c1-3(10)5-4(2-7)9-6(8)11-5/h2H2,1H3,(H2,8,9). The van der Waals surface area contributed by atoms with Crippen LogP contribution in [0.3, 0.4) is 0 Å². The van der Waals surface area contributed by atoms with Gasteiger partial charge in [-0.1, -0.05) is 27.3 Å². The van der Waals surface area contributed by atoms with E-state index in [1.807, 2.05) is 0 Å². The molecule has 60 valence electrons. The number of aromatic nitrogens is 1. The van der Waals surface area contributed by atoms with E-state index in [4.69, 9.17) is 5.73 Å². The number of carbonyl (C=O) groups excluding carboxylic acids is 1. The lowest BCUT2D eigenvalue weighted by Crippen LogP contribution is -1.92. The lowest BCUT2D eigenvalue weighted by atomic mass is 10.3. The zero-order chi connectivity index (χ0) is 8.43. The van der Waals surface area contributed by atoms with E-state index in [9.17, 15) is 4.79 Å². The van der Waals surface area contributed by atoms with E-state index in [1.54, 1.807) is 0 Å². The summed E-state index contributed by atoms with van der Waals surface area (Å²) >= 11 is 4.46. The van der Waals surface area contributed by atoms with Crippen molar-refractivity contribution in [2.24, 2.45) is 0 Å². The molecular formula is C6H7BrN2OS. The maximum absolute atomic E-state index is 10.9. The Balaban J connectivity index is 3.12. The highest BCUT2D eigenvalue weighted by Gasteiger charge is 2.11. The largest absolute Gasteiger partial charge is 0.375 e. The van der Waals surface area contributed by atoms with E-state index in [2.05, 4.69) is 20.9 Å². The van der Waals surface area contributed by atoms with E-state index < -0.39 is 0 Å². The minimum Gasteiger partial charge on any atom is -0.375 e. The number of nitrogens with zero attached hydrogens (tertiary/aromatic N) is 1. The molecule has 5 heteroatoms. The van der Waals surface area contributed by atoms with Crippen LogP contribution in [0.1, 0.15) is 22.3 Å². The number of carbonyl (C=O) groups is 1. The number of hydrogen-bond donors (Lipinski definition) is 1. The van der Waals surface area contributed by atoms with Crippen LogP contribution in [-0.2, 0) is 5.33 Å². The quantitative estimate of drug-likeness (QED) is 0.628. The third kappa shape index (κ3) is 1.78. The summed E-state index contributed by atoms with van der Waals surface area (Å²) in [5.41, 5.74) is 6.16. The minimum absolute atomic E-state index is 0.0219. The van der Waals surface area contributed by atoms with Crippen LogP contribution in [-0.4, -0.2) is 10.8 Å². The van der Waals surface area contributed by atoms with Crippen LogP contribution >= 0.6 is 27.3 Å². The Hall–Kier alpha value is -0.420. The van der Waals surface area contributed by atoms with Gasteiger partial charge in [0.25, 0.3) is 0 Å². The fourth-order valence-corrected chi connectivity index (χ4v) is 2.07. The third-order valence-electron chi connectivity index (χ3n) is 1.16. The minimum atomic E-state index is 0.0219. The van der Waals surface area contributed by atoms with Gasteiger partial charge >= 0.3 is 0 Å². The van der Waals surface area contributed by atoms with Gasteiger partial charge in [0.15, 0.2) is 10.9 Å². The molecule has 0 radical (unpaired) electrons. The number of nitrogen functional groups attached to an aromatic ring is 1. The maximum atomic E-state index is 10.9. The number of hydrogen-bond acceptors (Lipinski definition) is 4. The molecule has 0 aliphatic heterocycles. The molecule has 0 aliphatic rings. The lowest BCUT2D eigenvalue weighted by Gasteiger charge is -1.89. The average molecular weight is 235 g/mol. The van der Waals surface area contributed by atoms with Gasteiger partial charge in [-0.15, -0.1) is 0 Å². The number of halogens is 1. The number of rotatable bonds is 2. The van der Waals surface area contributed by atoms with Crippen molar-refractivity contribution in [3.8, 4) is 0 Å². The second-order valence-corrected chi connectivity index (χ2v) is 3.61. The predicted molar refractivity (Wildman–Crippen MR) is 49.2 cm³/mol. The summed E-state index contributed by atoms with van der Waals surface area (Å²) < 4.78 is 0. The van der Waals surface area contributed by atoms with Gasteiger partial charge in [-0.05, 0) is 0 Å². The molecule has 0 aromatic carbocycles. The molecule has 11 heavy (non-hydrogen) atoms. The highest BCUT2D eigenvalue weighted by molar-refractivity contribution is 9.08. The molecule has 1 aromatic heterocycles. The second-order valence-electron chi connectivity index (χ2n) is 2.02. The van der Waals surface area contributed by atoms with Crippen molar-refractivity contribution in [2.75, 3.05) is 5.73 Å². The Morgan fingerprint density at radius 1 is 1.82 bits per heavy atom. The van der Waals surface area contributed by atoms with Crippen molar-refractivity contribution in [1.29, 1.82) is 0 Å². The van der Waals surface area contributed by atoms with E-state index in [0.717, 1.165) is 5.69 Å². The molecule has 0 spiro atoms. The van der Waals surface area contributed by atoms with Crippen LogP contribution < -0.4 is 5.73 Å². The fraction of sp³-hybridized carbons (Fsp3) is 0.333. The van der Waals surface area contributed by atoms with E-state index in [-0.39, 0.29) is 5.78 Å². The number of anilines is 1. The molecule has 0 saturated carbocycles. The summed E-state index contributed by atoms with van der Waals surface area (Å²) in [5, 5.41) is 1.03. The molecule has 0 amide bonds. The monoisotopic (exact) mass is 234 g/mol. The maximum Gasteiger partial charge on any atom is 0.180 e. The first kappa shape index (κ1) is 8.67. The van der Waals surface area contributed by atoms with E-state index >= 15 is 0 Å². The number of nitrogens with two attached hydrogens (primary N) is 1. The molecule has 0 bridgehead atoms. The van der Waals surface area contributed by atoms with Crippen LogP contribution in [0.25, 0.3) is 0 Å². The summed E-state index contributed by atoms with van der Waals surface area (Å²) in [6, 6.07) is 0. The summed E-state index contributed by atoms with van der Waals surface area (Å²) in [6.07, 6.45) is 0. The van der Waals surface area contributed by atoms with Crippen molar-refractivity contribution in [3.63, 3.8) is 0 Å². The van der Waals surface area contributed by atoms with Crippen molar-refractivity contribution < 1.29 is 4.79 Å². The van der Waals surface area contributed by atoms with Crippen LogP contribution in [0.4, 0.5) is 5.13 Å². The van der Waals surface area contributed by atoms with E-state index in [1.165, 1.54) is 18.3 Å². The van der Waals surface area contributed by atoms with Crippen molar-refractivity contribution in [3.05, 3.63) is 10.6 Å². The van der Waals surface area contributed by atoms with Gasteiger partial charge < -0.3 is 5.73 Å². The molecule has 0 aliphatic carbocycles. The molecule has 0 saturated heterocycles. The first-order chi connectivity index (χ1) is 5.15. The Morgan fingerprint density at radius 3 is 2.82 bits per heavy atom. The zero-order valence-electron chi connectivity index (χ0n) is 5.93. The summed E-state index contributed by atoms with van der Waals surface area (Å²) in [4.78, 5) is 15.6. The smallest absolute Gasteiger partial charge is 0.180 e. The Bertz CT molecular complexity index is 284. The molecule has 1 rings (SSSR count). The first-order valence-electron chi connectivity index (χ1n) is 2.97. The summed E-state index contributed by atoms with van der Waals surface area (Å²) in [6.45, 7) is 1.51. The topological polar surface area (TPSA) is 56.0 Å². The number of Topliss-reactive ketones (excluding diaryl/α,β-unsaturated/α-hetero) is 1. The zero-order valence-corrected chi connectivity index (χ0v) is 8.33. The first-order valence-corrected chi connectivity index (χ1v) is 4.91. The fourth-order valence-electron chi connectivity index (χ4n) is 0.736. The highest BCUT2D eigenvalue weighted by atomic mass is 79.9. The number of ketones is 1. The van der Waals surface area contributed by atoms with Crippen molar-refractivity contribution in [1.82, 2.24) is 4.98 Å². The number of alkyl halides is 1. The van der Waals surface area contributed by atoms with Crippen molar-refractivity contribution >= 4 is 38.2 Å². The Kier molecular flexibility index (Phi) is 2.62. The van der Waals surface area contributed by atoms with Crippen LogP contribution in [0, 0.1) is 0 Å². The predicted octanol–water partition coefficient (Wildman–Crippen LogP) is 1.82. The molecule has 3 nitrogen and oxygen atoms in total. The molecule has 0 unspecified atom stereocenters. The van der Waals surface area contributed by atoms with Gasteiger partial charge in [0.05, 0.1) is 10.6 Å². The second kappa shape index (κ2) is 3.32. The molecular weight excluding hydrogens is 228 g/mol. The summed E-state index contributed by atoms with van der Waals surface area (Å²) in [7, 11) is 0. The van der Waals surface area contributed by atoms with Gasteiger partial charge in [0, 0.05) is 12.3 Å². The Labute approximate surface area is 76.8 Å². The van der Waals surface area contributed by atoms with Crippen LogP contribution in [0.5, 0.6) is 0 Å². The van der Waals surface area contributed by atoms with E-state index in [0.29, 0.717) is 15.3 Å². The SMILES string of the molecule is CC(=O)c1sc(N)nc1CBr. The molecule has 2 N–H and O–H groups in total. The Morgan fingerprint density at radius 2 is 2.45 bits per heavy atom. The highest BCUT2D eigenvalue weighted by Crippen LogP contribution is 2.22. The van der Waals surface area contributed by atoms with Gasteiger partial charge in [-0.2, -0.15) is 0 Å². The van der Waals surface area contributed by atoms with Gasteiger partial charge in [0.2, 0.25) is 0 Å². The average Bonchev–Trinajstić information content (AvgIpc) is 2.30. The number of thiazole rings is 1. The van der Waals surface area contributed by atoms with Gasteiger partial charge in [-0.3, -0.25) is 4.79 Å². The lowest BCUT2D eigenvalue weighted by molar-refractivity contribution is 0.102. The summed E-state index contributed by atoms with van der Waals surface area (Å²) in [5.74, 6) is 0.0219. The van der Waals surface area contributed by atoms with Gasteiger partial charge in [-0.25, -0.2) is 4.98 Å². The molecule has 1 aromatic rings. The molecule has 0 fully saturated rings. The van der Waals surface area contributed by atoms with Crippen LogP contribution in [0.15, 0.2) is 0 Å². The third-order valence-corrected chi connectivity index (χ3v) is 2.72. The van der Waals surface area contributed by atoms with Crippen LogP contribution in [0.2, 0.25) is 0 Å². The van der Waals surface area contributed by atoms with Crippen molar-refractivity contribution in [2.45, 2.75) is 12.3 Å². The van der Waals surface area contributed by atoms with Gasteiger partial charge in [0.1, 0.15) is 0 Å².